The van der Waals surface area contributed by atoms with Crippen LogP contribution in [0.15, 0.2) is 30.3 Å². The van der Waals surface area contributed by atoms with Crippen LogP contribution in [0.4, 0.5) is 9.59 Å². The third-order valence-electron chi connectivity index (χ3n) is 5.78. The Bertz CT molecular complexity index is 713. The van der Waals surface area contributed by atoms with Gasteiger partial charge in [0, 0.05) is 26.2 Å². The van der Waals surface area contributed by atoms with E-state index in [0.29, 0.717) is 19.6 Å². The van der Waals surface area contributed by atoms with Gasteiger partial charge in [0.05, 0.1) is 6.04 Å². The van der Waals surface area contributed by atoms with E-state index in [-0.39, 0.29) is 24.8 Å². The quantitative estimate of drug-likeness (QED) is 0.678. The van der Waals surface area contributed by atoms with Gasteiger partial charge in [-0.3, -0.25) is 0 Å². The maximum absolute atomic E-state index is 13.0. The first kappa shape index (κ1) is 23.4. The number of carbonyl (C=O) groups is 2. The van der Waals surface area contributed by atoms with Crippen LogP contribution in [0.1, 0.15) is 52.0 Å². The molecule has 2 fully saturated rings. The van der Waals surface area contributed by atoms with Gasteiger partial charge in [0.25, 0.3) is 0 Å². The third kappa shape index (κ3) is 7.42. The van der Waals surface area contributed by atoms with Crippen LogP contribution >= 0.6 is 0 Å². The van der Waals surface area contributed by atoms with Crippen LogP contribution in [0.3, 0.4) is 0 Å². The second-order valence-corrected chi connectivity index (χ2v) is 9.50. The van der Waals surface area contributed by atoms with Crippen LogP contribution in [0.5, 0.6) is 0 Å². The number of ether oxygens (including phenoxy) is 2. The highest BCUT2D eigenvalue weighted by molar-refractivity contribution is 5.70. The lowest BCUT2D eigenvalue weighted by Crippen LogP contribution is -2.54. The summed E-state index contributed by atoms with van der Waals surface area (Å²) >= 11 is 0. The zero-order valence-electron chi connectivity index (χ0n) is 19.2. The van der Waals surface area contributed by atoms with E-state index in [1.54, 1.807) is 4.90 Å². The lowest BCUT2D eigenvalue weighted by molar-refractivity contribution is 0.00308. The molecule has 172 valence electrons. The van der Waals surface area contributed by atoms with Crippen LogP contribution in [0, 0.1) is 0 Å². The summed E-state index contributed by atoms with van der Waals surface area (Å²) in [7, 11) is 0. The van der Waals surface area contributed by atoms with Crippen LogP contribution in [0.25, 0.3) is 0 Å². The van der Waals surface area contributed by atoms with Gasteiger partial charge in [-0.15, -0.1) is 0 Å². The molecule has 0 spiro atoms. The van der Waals surface area contributed by atoms with Gasteiger partial charge in [0.15, 0.2) is 0 Å². The maximum atomic E-state index is 13.0. The molecule has 7 nitrogen and oxygen atoms in total. The topological polar surface area (TPSA) is 62.3 Å². The van der Waals surface area contributed by atoms with Crippen molar-refractivity contribution in [1.29, 1.82) is 0 Å². The number of benzene rings is 1. The lowest BCUT2D eigenvalue weighted by atomic mass is 10.0. The largest absolute Gasteiger partial charge is 0.445 e. The number of nitrogens with zero attached hydrogens (tertiary/aromatic N) is 3. The zero-order valence-corrected chi connectivity index (χ0v) is 19.2. The Morgan fingerprint density at radius 1 is 1.06 bits per heavy atom. The van der Waals surface area contributed by atoms with E-state index in [2.05, 4.69) is 4.90 Å². The van der Waals surface area contributed by atoms with Crippen molar-refractivity contribution in [3.63, 3.8) is 0 Å². The first-order chi connectivity index (χ1) is 14.8. The molecule has 0 N–H and O–H groups in total. The third-order valence-corrected chi connectivity index (χ3v) is 5.78. The smallest absolute Gasteiger partial charge is 0.410 e. The van der Waals surface area contributed by atoms with E-state index in [0.717, 1.165) is 38.0 Å². The average molecular weight is 432 g/mol. The first-order valence-corrected chi connectivity index (χ1v) is 11.5. The van der Waals surface area contributed by atoms with E-state index in [4.69, 9.17) is 9.47 Å². The number of rotatable bonds is 6. The molecular formula is C24H37N3O4. The molecule has 1 unspecified atom stereocenters. The number of amides is 2. The molecule has 31 heavy (non-hydrogen) atoms. The van der Waals surface area contributed by atoms with E-state index < -0.39 is 5.60 Å². The van der Waals surface area contributed by atoms with Gasteiger partial charge in [-0.2, -0.15) is 0 Å². The van der Waals surface area contributed by atoms with Gasteiger partial charge in [-0.05, 0) is 65.1 Å². The summed E-state index contributed by atoms with van der Waals surface area (Å²) in [6.07, 6.45) is 3.53. The molecule has 0 aliphatic carbocycles. The molecule has 2 heterocycles. The Kier molecular flexibility index (Phi) is 8.18. The Balaban J connectivity index is 1.60. The summed E-state index contributed by atoms with van der Waals surface area (Å²) in [4.78, 5) is 31.6. The monoisotopic (exact) mass is 431 g/mol. The van der Waals surface area contributed by atoms with Crippen molar-refractivity contribution in [3.8, 4) is 0 Å². The SMILES string of the molecule is CC(C)(C)OC(=O)N(CCN1CCCC1)C1CCCN(C(=O)OCc2ccccc2)C1. The van der Waals surface area contributed by atoms with E-state index in [9.17, 15) is 9.59 Å². The molecular weight excluding hydrogens is 394 g/mol. The minimum absolute atomic E-state index is 0.0597. The van der Waals surface area contributed by atoms with E-state index in [1.165, 1.54) is 12.8 Å². The molecule has 0 aromatic heterocycles. The fourth-order valence-corrected chi connectivity index (χ4v) is 4.18. The number of likely N-dealkylation sites (tertiary alicyclic amines) is 2. The average Bonchev–Trinajstić information content (AvgIpc) is 3.25. The van der Waals surface area contributed by atoms with Gasteiger partial charge in [-0.1, -0.05) is 30.3 Å². The molecule has 0 radical (unpaired) electrons. The summed E-state index contributed by atoms with van der Waals surface area (Å²) < 4.78 is 11.2. The Morgan fingerprint density at radius 2 is 1.77 bits per heavy atom. The summed E-state index contributed by atoms with van der Waals surface area (Å²) in [5.41, 5.74) is 0.414. The van der Waals surface area contributed by atoms with Crippen LogP contribution in [-0.4, -0.2) is 77.8 Å². The number of carbonyl (C=O) groups excluding carboxylic acids is 2. The molecule has 2 amide bonds. The number of hydrogen-bond donors (Lipinski definition) is 0. The minimum atomic E-state index is -0.550. The van der Waals surface area contributed by atoms with Crippen molar-refractivity contribution in [2.45, 2.75) is 64.7 Å². The van der Waals surface area contributed by atoms with Crippen molar-refractivity contribution >= 4 is 12.2 Å². The molecule has 7 heteroatoms. The fraction of sp³-hybridized carbons (Fsp3) is 0.667. The van der Waals surface area contributed by atoms with Crippen molar-refractivity contribution in [2.75, 3.05) is 39.3 Å². The van der Waals surface area contributed by atoms with Gasteiger partial charge in [-0.25, -0.2) is 9.59 Å². The lowest BCUT2D eigenvalue weighted by Gasteiger charge is -2.39. The molecule has 3 rings (SSSR count). The van der Waals surface area contributed by atoms with Crippen molar-refractivity contribution in [1.82, 2.24) is 14.7 Å². The van der Waals surface area contributed by atoms with Crippen molar-refractivity contribution < 1.29 is 19.1 Å². The number of hydrogen-bond acceptors (Lipinski definition) is 5. The second-order valence-electron chi connectivity index (χ2n) is 9.50. The Morgan fingerprint density at radius 3 is 2.45 bits per heavy atom. The van der Waals surface area contributed by atoms with E-state index >= 15 is 0 Å². The summed E-state index contributed by atoms with van der Waals surface area (Å²) in [5.74, 6) is 0. The molecule has 2 saturated heterocycles. The maximum Gasteiger partial charge on any atom is 0.410 e. The molecule has 2 aliphatic heterocycles. The van der Waals surface area contributed by atoms with Gasteiger partial charge in [0.2, 0.25) is 0 Å². The molecule has 1 aromatic carbocycles. The predicted octanol–water partition coefficient (Wildman–Crippen LogP) is 4.12. The fourth-order valence-electron chi connectivity index (χ4n) is 4.18. The Hall–Kier alpha value is -2.28. The predicted molar refractivity (Wildman–Crippen MR) is 120 cm³/mol. The zero-order chi connectivity index (χ0) is 22.3. The minimum Gasteiger partial charge on any atom is -0.445 e. The summed E-state index contributed by atoms with van der Waals surface area (Å²) in [6.45, 7) is 10.7. The highest BCUT2D eigenvalue weighted by Gasteiger charge is 2.34. The van der Waals surface area contributed by atoms with Crippen LogP contribution in [0.2, 0.25) is 0 Å². The highest BCUT2D eigenvalue weighted by atomic mass is 16.6. The highest BCUT2D eigenvalue weighted by Crippen LogP contribution is 2.21. The van der Waals surface area contributed by atoms with Crippen molar-refractivity contribution in [2.24, 2.45) is 0 Å². The number of piperidine rings is 1. The summed E-state index contributed by atoms with van der Waals surface area (Å²) in [6, 6.07) is 9.62. The first-order valence-electron chi connectivity index (χ1n) is 11.5. The van der Waals surface area contributed by atoms with Gasteiger partial charge < -0.3 is 24.2 Å². The standard InChI is InChI=1S/C24H37N3O4/c1-24(2,3)31-23(29)27(17-16-25-13-7-8-14-25)21-12-9-15-26(18-21)22(28)30-19-20-10-5-4-6-11-20/h4-6,10-11,21H,7-9,12-19H2,1-3H3. The van der Waals surface area contributed by atoms with Gasteiger partial charge >= 0.3 is 12.2 Å². The molecule has 1 atom stereocenters. The van der Waals surface area contributed by atoms with Crippen LogP contribution < -0.4 is 0 Å². The normalized spacial score (nSPS) is 19.8. The molecule has 0 saturated carbocycles. The molecule has 2 aliphatic rings. The Labute approximate surface area is 186 Å². The molecule has 1 aromatic rings. The van der Waals surface area contributed by atoms with Crippen LogP contribution in [-0.2, 0) is 16.1 Å². The molecule has 0 bridgehead atoms. The van der Waals surface area contributed by atoms with Crippen molar-refractivity contribution in [3.05, 3.63) is 35.9 Å². The van der Waals surface area contributed by atoms with Gasteiger partial charge in [0.1, 0.15) is 12.2 Å². The van der Waals surface area contributed by atoms with E-state index in [1.807, 2.05) is 56.0 Å². The summed E-state index contributed by atoms with van der Waals surface area (Å²) in [5, 5.41) is 0. The second kappa shape index (κ2) is 10.8.